The number of rotatable bonds is 3. The van der Waals surface area contributed by atoms with Crippen LogP contribution in [0.4, 0.5) is 24.7 Å². The van der Waals surface area contributed by atoms with E-state index in [0.29, 0.717) is 17.1 Å². The molecule has 0 spiro atoms. The van der Waals surface area contributed by atoms with Crippen LogP contribution in [0.5, 0.6) is 0 Å². The van der Waals surface area contributed by atoms with Crippen molar-refractivity contribution >= 4 is 23.1 Å². The highest BCUT2D eigenvalue weighted by atomic mass is 35.5. The molecule has 0 bridgehead atoms. The van der Waals surface area contributed by atoms with Gasteiger partial charge in [-0.1, -0.05) is 37.6 Å². The summed E-state index contributed by atoms with van der Waals surface area (Å²) in [6.07, 6.45) is 1.20. The van der Waals surface area contributed by atoms with Gasteiger partial charge in [-0.05, 0) is 61.1 Å². The Kier molecular flexibility index (Phi) is 6.98. The molecule has 7 heteroatoms. The molecule has 0 saturated carbocycles. The second-order valence-electron chi connectivity index (χ2n) is 6.75. The molecular formula is C23H23ClF3N3. The van der Waals surface area contributed by atoms with Gasteiger partial charge in [0.15, 0.2) is 0 Å². The number of halogens is 4. The van der Waals surface area contributed by atoms with Crippen LogP contribution in [0.25, 0.3) is 11.3 Å². The van der Waals surface area contributed by atoms with Crippen molar-refractivity contribution in [3.63, 3.8) is 0 Å². The van der Waals surface area contributed by atoms with Gasteiger partial charge in [-0.3, -0.25) is 0 Å². The van der Waals surface area contributed by atoms with Crippen molar-refractivity contribution in [3.8, 4) is 11.3 Å². The fourth-order valence-corrected chi connectivity index (χ4v) is 3.76. The Morgan fingerprint density at radius 3 is 2.23 bits per heavy atom. The lowest BCUT2D eigenvalue weighted by Gasteiger charge is -2.21. The van der Waals surface area contributed by atoms with Gasteiger partial charge in [0.1, 0.15) is 12.1 Å². The second-order valence-corrected chi connectivity index (χ2v) is 7.15. The van der Waals surface area contributed by atoms with E-state index in [-0.39, 0.29) is 0 Å². The maximum absolute atomic E-state index is 12.7. The molecule has 30 heavy (non-hydrogen) atoms. The largest absolute Gasteiger partial charge is 0.416 e. The Hall–Kier alpha value is -2.60. The first-order chi connectivity index (χ1) is 14.4. The number of alkyl halides is 3. The molecule has 0 amide bonds. The maximum Gasteiger partial charge on any atom is 0.416 e. The Morgan fingerprint density at radius 2 is 1.57 bits per heavy atom. The molecule has 0 atom stereocenters. The van der Waals surface area contributed by atoms with Gasteiger partial charge in [0.25, 0.3) is 0 Å². The molecule has 0 fully saturated rings. The molecule has 1 aliphatic rings. The Balaban J connectivity index is 0.00000124. The van der Waals surface area contributed by atoms with Crippen LogP contribution >= 0.6 is 11.6 Å². The van der Waals surface area contributed by atoms with Gasteiger partial charge in [-0.15, -0.1) is 0 Å². The van der Waals surface area contributed by atoms with E-state index in [1.807, 2.05) is 26.0 Å². The molecule has 0 unspecified atom stereocenters. The van der Waals surface area contributed by atoms with Gasteiger partial charge < -0.3 is 5.32 Å². The number of aromatic nitrogens is 2. The van der Waals surface area contributed by atoms with Crippen LogP contribution in [0.3, 0.4) is 0 Å². The zero-order chi connectivity index (χ0) is 21.7. The average Bonchev–Trinajstić information content (AvgIpc) is 2.77. The molecule has 1 heterocycles. The van der Waals surface area contributed by atoms with Crippen LogP contribution in [0.2, 0.25) is 5.02 Å². The molecule has 158 valence electrons. The summed E-state index contributed by atoms with van der Waals surface area (Å²) in [5, 5.41) is 4.10. The third-order valence-electron chi connectivity index (χ3n) is 4.92. The molecule has 3 aromatic rings. The highest BCUT2D eigenvalue weighted by Crippen LogP contribution is 2.35. The summed E-state index contributed by atoms with van der Waals surface area (Å²) in [5.41, 5.74) is 3.79. The monoisotopic (exact) mass is 433 g/mol. The predicted octanol–water partition coefficient (Wildman–Crippen LogP) is 7.46. The third kappa shape index (κ3) is 4.93. The first-order valence-corrected chi connectivity index (χ1v) is 10.4. The Bertz CT molecular complexity index is 1000. The first kappa shape index (κ1) is 22.1. The van der Waals surface area contributed by atoms with Crippen LogP contribution < -0.4 is 5.32 Å². The van der Waals surface area contributed by atoms with E-state index in [4.69, 9.17) is 11.6 Å². The molecule has 0 saturated heterocycles. The number of benzene rings is 2. The zero-order valence-electron chi connectivity index (χ0n) is 16.9. The molecule has 3 nitrogen and oxygen atoms in total. The van der Waals surface area contributed by atoms with Crippen LogP contribution in [0.1, 0.15) is 43.4 Å². The normalized spacial score (nSPS) is 13.1. The van der Waals surface area contributed by atoms with E-state index < -0.39 is 11.7 Å². The van der Waals surface area contributed by atoms with E-state index in [1.165, 1.54) is 29.6 Å². The summed E-state index contributed by atoms with van der Waals surface area (Å²) in [5.74, 6) is 0.583. The van der Waals surface area contributed by atoms with Crippen LogP contribution in [0, 0.1) is 0 Å². The number of anilines is 2. The van der Waals surface area contributed by atoms with Crippen molar-refractivity contribution in [2.75, 3.05) is 5.32 Å². The van der Waals surface area contributed by atoms with Gasteiger partial charge in [-0.25, -0.2) is 9.97 Å². The van der Waals surface area contributed by atoms with E-state index >= 15 is 0 Å². The maximum atomic E-state index is 12.7. The number of nitrogens with zero attached hydrogens (tertiary/aromatic N) is 2. The first-order valence-electron chi connectivity index (χ1n) is 9.99. The standard InChI is InChI=1S/C21H17ClF3N3.C2H6/c22-17-9-10-18(16-4-2-1-3-15(16)17)28-20-11-19(26-12-27-20)13-5-7-14(8-6-13)21(23,24)25;1-2/h5-12H,1-4H2,(H,26,27,28);1-2H3. The predicted molar refractivity (Wildman–Crippen MR) is 115 cm³/mol. The van der Waals surface area contributed by atoms with Crippen molar-refractivity contribution in [2.24, 2.45) is 0 Å². The number of nitrogens with one attached hydrogen (secondary N) is 1. The molecule has 4 rings (SSSR count). The minimum atomic E-state index is -4.36. The summed E-state index contributed by atoms with van der Waals surface area (Å²) in [6.45, 7) is 4.00. The summed E-state index contributed by atoms with van der Waals surface area (Å²) >= 11 is 6.33. The van der Waals surface area contributed by atoms with Crippen LogP contribution in [-0.2, 0) is 19.0 Å². The molecule has 0 radical (unpaired) electrons. The minimum absolute atomic E-state index is 0.550. The third-order valence-corrected chi connectivity index (χ3v) is 5.27. The molecule has 2 aromatic carbocycles. The molecule has 1 aromatic heterocycles. The van der Waals surface area contributed by atoms with Gasteiger partial charge in [0, 0.05) is 22.3 Å². The lowest BCUT2D eigenvalue weighted by Crippen LogP contribution is -2.07. The summed E-state index contributed by atoms with van der Waals surface area (Å²) < 4.78 is 38.2. The second kappa shape index (κ2) is 9.47. The Labute approximate surface area is 179 Å². The van der Waals surface area contributed by atoms with Crippen molar-refractivity contribution in [1.29, 1.82) is 0 Å². The number of fused-ring (bicyclic) bond motifs is 1. The van der Waals surface area contributed by atoms with Crippen LogP contribution in [-0.4, -0.2) is 9.97 Å². The highest BCUT2D eigenvalue weighted by Gasteiger charge is 2.30. The molecular weight excluding hydrogens is 411 g/mol. The van der Waals surface area contributed by atoms with Crippen molar-refractivity contribution < 1.29 is 13.2 Å². The van der Waals surface area contributed by atoms with Gasteiger partial charge in [-0.2, -0.15) is 13.2 Å². The smallest absolute Gasteiger partial charge is 0.340 e. The summed E-state index contributed by atoms with van der Waals surface area (Å²) in [6, 6.07) is 10.5. The zero-order valence-corrected chi connectivity index (χ0v) is 17.6. The number of hydrogen-bond donors (Lipinski definition) is 1. The van der Waals surface area contributed by atoms with Gasteiger partial charge in [0.05, 0.1) is 11.3 Å². The average molecular weight is 434 g/mol. The van der Waals surface area contributed by atoms with Crippen molar-refractivity contribution in [1.82, 2.24) is 9.97 Å². The fraction of sp³-hybridized carbons (Fsp3) is 0.304. The lowest BCUT2D eigenvalue weighted by molar-refractivity contribution is -0.137. The quantitative estimate of drug-likeness (QED) is 0.465. The molecule has 1 aliphatic carbocycles. The van der Waals surface area contributed by atoms with Crippen molar-refractivity contribution in [2.45, 2.75) is 45.7 Å². The fourth-order valence-electron chi connectivity index (χ4n) is 3.49. The Morgan fingerprint density at radius 1 is 0.900 bits per heavy atom. The van der Waals surface area contributed by atoms with Gasteiger partial charge in [0.2, 0.25) is 0 Å². The van der Waals surface area contributed by atoms with E-state index in [0.717, 1.165) is 48.5 Å². The summed E-state index contributed by atoms with van der Waals surface area (Å²) in [4.78, 5) is 8.44. The molecule has 0 aliphatic heterocycles. The minimum Gasteiger partial charge on any atom is -0.340 e. The SMILES string of the molecule is CC.FC(F)(F)c1ccc(-c2cc(Nc3ccc(Cl)c4c3CCCC4)ncn2)cc1. The van der Waals surface area contributed by atoms with Crippen LogP contribution in [0.15, 0.2) is 48.8 Å². The topological polar surface area (TPSA) is 37.8 Å². The summed E-state index contributed by atoms with van der Waals surface area (Å²) in [7, 11) is 0. The van der Waals surface area contributed by atoms with E-state index in [2.05, 4.69) is 15.3 Å². The highest BCUT2D eigenvalue weighted by molar-refractivity contribution is 6.31. The van der Waals surface area contributed by atoms with E-state index in [9.17, 15) is 13.2 Å². The number of hydrogen-bond acceptors (Lipinski definition) is 3. The lowest BCUT2D eigenvalue weighted by atomic mass is 9.90. The van der Waals surface area contributed by atoms with Crippen molar-refractivity contribution in [3.05, 3.63) is 70.5 Å². The molecule has 1 N–H and O–H groups in total. The van der Waals surface area contributed by atoms with E-state index in [1.54, 1.807) is 6.07 Å². The van der Waals surface area contributed by atoms with Gasteiger partial charge >= 0.3 is 6.18 Å².